The highest BCUT2D eigenvalue weighted by Crippen LogP contribution is 2.43. The molecule has 1 saturated carbocycles. The zero-order chi connectivity index (χ0) is 10.8. The molecule has 1 fully saturated rings. The van der Waals surface area contributed by atoms with Crippen LogP contribution in [0.4, 0.5) is 0 Å². The van der Waals surface area contributed by atoms with E-state index in [1.807, 2.05) is 0 Å². The molecule has 0 unspecified atom stereocenters. The van der Waals surface area contributed by atoms with E-state index in [4.69, 9.17) is 8.92 Å². The average molecular weight is 222 g/mol. The zero-order valence-corrected chi connectivity index (χ0v) is 9.09. The molecular weight excluding hydrogens is 208 g/mol. The summed E-state index contributed by atoms with van der Waals surface area (Å²) in [7, 11) is -3.41. The number of hydrogen-bond donors (Lipinski definition) is 0. The minimum absolute atomic E-state index is 0.213. The van der Waals surface area contributed by atoms with Gasteiger partial charge in [0.2, 0.25) is 0 Å². The van der Waals surface area contributed by atoms with E-state index >= 15 is 0 Å². The Balaban J connectivity index is 2.33. The van der Waals surface area contributed by atoms with Gasteiger partial charge in [-0.2, -0.15) is 8.42 Å². The molecule has 0 aliphatic heterocycles. The van der Waals surface area contributed by atoms with Gasteiger partial charge in [-0.1, -0.05) is 0 Å². The van der Waals surface area contributed by atoms with Gasteiger partial charge in [0.25, 0.3) is 10.1 Å². The molecule has 6 heteroatoms. The van der Waals surface area contributed by atoms with Crippen molar-refractivity contribution in [3.05, 3.63) is 0 Å². The maximum absolute atomic E-state index is 10.9. The number of ether oxygens (including phenoxy) is 1. The summed E-state index contributed by atoms with van der Waals surface area (Å²) in [5.74, 6) is -0.361. The molecule has 82 valence electrons. The summed E-state index contributed by atoms with van der Waals surface area (Å²) in [6, 6.07) is 0. The molecule has 0 bridgehead atoms. The van der Waals surface area contributed by atoms with Crippen LogP contribution in [0.3, 0.4) is 0 Å². The number of esters is 1. The van der Waals surface area contributed by atoms with Gasteiger partial charge < -0.3 is 4.74 Å². The predicted octanol–water partition coefficient (Wildman–Crippen LogP) is 0.448. The van der Waals surface area contributed by atoms with Gasteiger partial charge in [-0.25, -0.2) is 0 Å². The molecule has 0 heterocycles. The van der Waals surface area contributed by atoms with Crippen molar-refractivity contribution in [3.8, 4) is 0 Å². The second-order valence-corrected chi connectivity index (χ2v) is 5.14. The van der Waals surface area contributed by atoms with Crippen molar-refractivity contribution in [2.45, 2.75) is 31.8 Å². The standard InChI is InChI=1S/C8H14O5S/c1-7(9)12-6-5-8(3-4-8)13-14(2,10)11/h3-6H2,1-2H3. The van der Waals surface area contributed by atoms with Gasteiger partial charge in [0.15, 0.2) is 0 Å². The number of carbonyl (C=O) groups is 1. The topological polar surface area (TPSA) is 69.7 Å². The SMILES string of the molecule is CC(=O)OCCC1(OS(C)(=O)=O)CC1. The van der Waals surface area contributed by atoms with Crippen LogP contribution in [0.25, 0.3) is 0 Å². The minimum atomic E-state index is -3.41. The van der Waals surface area contributed by atoms with E-state index in [0.29, 0.717) is 19.3 Å². The van der Waals surface area contributed by atoms with Crippen molar-refractivity contribution in [2.24, 2.45) is 0 Å². The van der Waals surface area contributed by atoms with Gasteiger partial charge in [0, 0.05) is 13.3 Å². The third kappa shape index (κ3) is 4.06. The van der Waals surface area contributed by atoms with E-state index in [1.165, 1.54) is 6.92 Å². The summed E-state index contributed by atoms with van der Waals surface area (Å²) in [6.45, 7) is 1.53. The zero-order valence-electron chi connectivity index (χ0n) is 8.28. The van der Waals surface area contributed by atoms with Crippen LogP contribution < -0.4 is 0 Å². The Bertz CT molecular complexity index is 315. The lowest BCUT2D eigenvalue weighted by Crippen LogP contribution is -2.21. The van der Waals surface area contributed by atoms with E-state index < -0.39 is 15.7 Å². The summed E-state index contributed by atoms with van der Waals surface area (Å²) in [5.41, 5.74) is -0.594. The van der Waals surface area contributed by atoms with Crippen molar-refractivity contribution in [1.82, 2.24) is 0 Å². The van der Waals surface area contributed by atoms with Crippen molar-refractivity contribution in [1.29, 1.82) is 0 Å². The van der Waals surface area contributed by atoms with Crippen LogP contribution in [-0.4, -0.2) is 32.9 Å². The van der Waals surface area contributed by atoms with Crippen molar-refractivity contribution >= 4 is 16.1 Å². The lowest BCUT2D eigenvalue weighted by atomic mass is 10.2. The third-order valence-corrected chi connectivity index (χ3v) is 2.66. The highest BCUT2D eigenvalue weighted by Gasteiger charge is 2.46. The van der Waals surface area contributed by atoms with E-state index in [2.05, 4.69) is 0 Å². The summed E-state index contributed by atoms with van der Waals surface area (Å²) < 4.78 is 31.3. The third-order valence-electron chi connectivity index (χ3n) is 2.00. The molecule has 0 N–H and O–H groups in total. The lowest BCUT2D eigenvalue weighted by molar-refractivity contribution is -0.141. The van der Waals surface area contributed by atoms with Crippen LogP contribution in [-0.2, 0) is 23.8 Å². The Kier molecular flexibility index (Phi) is 3.16. The summed E-state index contributed by atoms with van der Waals surface area (Å²) in [5, 5.41) is 0. The van der Waals surface area contributed by atoms with E-state index in [1.54, 1.807) is 0 Å². The van der Waals surface area contributed by atoms with E-state index in [-0.39, 0.29) is 12.6 Å². The first-order valence-corrected chi connectivity index (χ1v) is 6.19. The Morgan fingerprint density at radius 1 is 1.43 bits per heavy atom. The predicted molar refractivity (Wildman–Crippen MR) is 49.1 cm³/mol. The lowest BCUT2D eigenvalue weighted by Gasteiger charge is -2.13. The average Bonchev–Trinajstić information content (AvgIpc) is 2.64. The van der Waals surface area contributed by atoms with Crippen LogP contribution in [0, 0.1) is 0 Å². The molecule has 1 aliphatic carbocycles. The van der Waals surface area contributed by atoms with Gasteiger partial charge >= 0.3 is 5.97 Å². The molecular formula is C8H14O5S. The maximum Gasteiger partial charge on any atom is 0.302 e. The molecule has 1 aliphatic rings. The quantitative estimate of drug-likeness (QED) is 0.499. The normalized spacial score (nSPS) is 19.0. The second kappa shape index (κ2) is 3.86. The Hall–Kier alpha value is -0.620. The van der Waals surface area contributed by atoms with Gasteiger partial charge in [-0.15, -0.1) is 0 Å². The smallest absolute Gasteiger partial charge is 0.302 e. The van der Waals surface area contributed by atoms with Crippen molar-refractivity contribution < 1.29 is 22.1 Å². The molecule has 0 saturated heterocycles. The fourth-order valence-electron chi connectivity index (χ4n) is 1.22. The maximum atomic E-state index is 10.9. The summed E-state index contributed by atoms with van der Waals surface area (Å²) >= 11 is 0. The molecule has 5 nitrogen and oxygen atoms in total. The van der Waals surface area contributed by atoms with Gasteiger partial charge in [-0.3, -0.25) is 8.98 Å². The molecule has 1 rings (SSSR count). The number of hydrogen-bond acceptors (Lipinski definition) is 5. The Morgan fingerprint density at radius 2 is 2.00 bits per heavy atom. The van der Waals surface area contributed by atoms with E-state index in [9.17, 15) is 13.2 Å². The highest BCUT2D eigenvalue weighted by atomic mass is 32.2. The van der Waals surface area contributed by atoms with Crippen LogP contribution in [0.1, 0.15) is 26.2 Å². The first-order chi connectivity index (χ1) is 6.33. The largest absolute Gasteiger partial charge is 0.466 e. The van der Waals surface area contributed by atoms with Crippen LogP contribution >= 0.6 is 0 Å². The molecule has 14 heavy (non-hydrogen) atoms. The monoisotopic (exact) mass is 222 g/mol. The Labute approximate surface area is 83.5 Å². The molecule has 0 radical (unpaired) electrons. The van der Waals surface area contributed by atoms with Crippen molar-refractivity contribution in [3.63, 3.8) is 0 Å². The second-order valence-electron chi connectivity index (χ2n) is 3.56. The van der Waals surface area contributed by atoms with Crippen LogP contribution in [0.5, 0.6) is 0 Å². The first kappa shape index (κ1) is 11.5. The minimum Gasteiger partial charge on any atom is -0.466 e. The molecule has 0 aromatic carbocycles. The molecule has 0 aromatic heterocycles. The van der Waals surface area contributed by atoms with Crippen LogP contribution in [0.2, 0.25) is 0 Å². The Morgan fingerprint density at radius 3 is 2.36 bits per heavy atom. The van der Waals surface area contributed by atoms with E-state index in [0.717, 1.165) is 6.26 Å². The van der Waals surface area contributed by atoms with Crippen molar-refractivity contribution in [2.75, 3.05) is 12.9 Å². The number of carbonyl (C=O) groups excluding carboxylic acids is 1. The molecule has 0 aromatic rings. The molecule has 0 atom stereocenters. The van der Waals surface area contributed by atoms with Crippen LogP contribution in [0.15, 0.2) is 0 Å². The number of rotatable bonds is 5. The molecule has 0 amide bonds. The fraction of sp³-hybridized carbons (Fsp3) is 0.875. The first-order valence-electron chi connectivity index (χ1n) is 4.37. The highest BCUT2D eigenvalue weighted by molar-refractivity contribution is 7.86. The fourth-order valence-corrected chi connectivity index (χ4v) is 2.11. The van der Waals surface area contributed by atoms with Gasteiger partial charge in [0.1, 0.15) is 0 Å². The summed E-state index contributed by atoms with van der Waals surface area (Å²) in [6.07, 6.45) is 2.89. The van der Waals surface area contributed by atoms with Gasteiger partial charge in [-0.05, 0) is 12.8 Å². The molecule has 0 spiro atoms. The van der Waals surface area contributed by atoms with Gasteiger partial charge in [0.05, 0.1) is 18.5 Å². The summed E-state index contributed by atoms with van der Waals surface area (Å²) in [4.78, 5) is 10.5.